The average Bonchev–Trinajstić information content (AvgIpc) is 3.49. The molecule has 4 fully saturated rings. The molecule has 5 aliphatic rings. The standard InChI is InChI=1S/C33H38FN11OS/c1-19(22-5-3-9-39-27(22)37)42(2)29-24(13-36)30(41-31(40-29)46-18-32-8-4-10-44(32)14-20(34)11-32)43-16-33(17-43)26-23(12-35)28(38)47-25(26)15-45(33)21-6-7-21/h3,5,9,19-21H,4,6-8,10-11,14-18,38H2,1-2H3,(H2,37,39)/t19-,20-,32+/m1/s1. The Morgan fingerprint density at radius 2 is 2.00 bits per heavy atom. The number of hydrogen-bond acceptors (Lipinski definition) is 13. The Bertz CT molecular complexity index is 1830. The van der Waals surface area contributed by atoms with Crippen LogP contribution >= 0.6 is 11.3 Å². The normalized spacial score (nSPS) is 25.2. The third-order valence-electron chi connectivity index (χ3n) is 11.1. The van der Waals surface area contributed by atoms with Crippen molar-refractivity contribution in [1.82, 2.24) is 24.8 Å². The number of thiophene rings is 1. The highest BCUT2D eigenvalue weighted by Crippen LogP contribution is 2.56. The molecular weight excluding hydrogens is 618 g/mol. The molecule has 3 aromatic rings. The predicted octanol–water partition coefficient (Wildman–Crippen LogP) is 3.69. The minimum Gasteiger partial charge on any atom is -0.461 e. The molecule has 3 atom stereocenters. The molecule has 12 nitrogen and oxygen atoms in total. The number of nitrogens with two attached hydrogens (primary N) is 2. The van der Waals surface area contributed by atoms with E-state index in [0.29, 0.717) is 65.7 Å². The van der Waals surface area contributed by atoms with Gasteiger partial charge in [-0.2, -0.15) is 20.5 Å². The molecule has 1 aliphatic carbocycles. The van der Waals surface area contributed by atoms with E-state index in [0.717, 1.165) is 54.8 Å². The third kappa shape index (κ3) is 4.60. The number of pyridine rings is 1. The molecular formula is C33H38FN11OS. The number of nitriles is 2. The summed E-state index contributed by atoms with van der Waals surface area (Å²) in [5.74, 6) is 1.31. The number of nitrogen functional groups attached to an aromatic ring is 2. The number of halogens is 1. The fourth-order valence-electron chi connectivity index (χ4n) is 8.49. The molecule has 3 aromatic heterocycles. The van der Waals surface area contributed by atoms with Crippen molar-refractivity contribution in [2.45, 2.75) is 74.9 Å². The van der Waals surface area contributed by atoms with Crippen molar-refractivity contribution in [2.75, 3.05) is 61.1 Å². The van der Waals surface area contributed by atoms with Gasteiger partial charge in [0.25, 0.3) is 0 Å². The first-order valence-electron chi connectivity index (χ1n) is 16.3. The van der Waals surface area contributed by atoms with Crippen molar-refractivity contribution >= 4 is 33.8 Å². The Hall–Kier alpha value is -4.24. The lowest BCUT2D eigenvalue weighted by atomic mass is 9.81. The number of nitrogens with zero attached hydrogens (tertiary/aromatic N) is 9. The molecule has 7 heterocycles. The van der Waals surface area contributed by atoms with Gasteiger partial charge in [0.05, 0.1) is 22.7 Å². The van der Waals surface area contributed by atoms with E-state index in [1.165, 1.54) is 11.3 Å². The lowest BCUT2D eigenvalue weighted by Gasteiger charge is -2.54. The monoisotopic (exact) mass is 655 g/mol. The van der Waals surface area contributed by atoms with E-state index in [4.69, 9.17) is 26.2 Å². The second-order valence-electron chi connectivity index (χ2n) is 13.8. The summed E-state index contributed by atoms with van der Waals surface area (Å²) in [7, 11) is 1.87. The van der Waals surface area contributed by atoms with Crippen molar-refractivity contribution in [3.8, 4) is 18.1 Å². The van der Waals surface area contributed by atoms with Crippen LogP contribution in [0.1, 0.15) is 72.2 Å². The second kappa shape index (κ2) is 10.9. The fourth-order valence-corrected chi connectivity index (χ4v) is 9.60. The Morgan fingerprint density at radius 1 is 1.21 bits per heavy atom. The molecule has 4 N–H and O–H groups in total. The summed E-state index contributed by atoms with van der Waals surface area (Å²) in [6.45, 7) is 5.43. The number of ether oxygens (including phenoxy) is 1. The van der Waals surface area contributed by atoms with Crippen molar-refractivity contribution in [3.63, 3.8) is 0 Å². The number of anilines is 4. The molecule has 1 spiro atoms. The zero-order chi connectivity index (χ0) is 32.7. The number of fused-ring (bicyclic) bond motifs is 3. The van der Waals surface area contributed by atoms with Gasteiger partial charge in [0.1, 0.15) is 41.3 Å². The van der Waals surface area contributed by atoms with E-state index < -0.39 is 6.17 Å². The van der Waals surface area contributed by atoms with Gasteiger partial charge in [-0.3, -0.25) is 9.80 Å². The number of hydrogen-bond donors (Lipinski definition) is 2. The highest BCUT2D eigenvalue weighted by molar-refractivity contribution is 7.16. The Kier molecular flexibility index (Phi) is 6.99. The number of alkyl halides is 1. The highest BCUT2D eigenvalue weighted by Gasteiger charge is 2.60. The molecule has 4 aliphatic heterocycles. The van der Waals surface area contributed by atoms with Crippen LogP contribution in [0.5, 0.6) is 6.01 Å². The van der Waals surface area contributed by atoms with Crippen LogP contribution < -0.4 is 26.0 Å². The molecule has 1 saturated carbocycles. The topological polar surface area (TPSA) is 160 Å². The minimum atomic E-state index is -0.878. The molecule has 0 bridgehead atoms. The molecule has 0 amide bonds. The van der Waals surface area contributed by atoms with Crippen molar-refractivity contribution < 1.29 is 9.13 Å². The van der Waals surface area contributed by atoms with E-state index in [9.17, 15) is 14.9 Å². The number of rotatable bonds is 8. The Morgan fingerprint density at radius 3 is 2.72 bits per heavy atom. The van der Waals surface area contributed by atoms with Crippen molar-refractivity contribution in [2.24, 2.45) is 0 Å². The third-order valence-corrected chi connectivity index (χ3v) is 12.1. The van der Waals surface area contributed by atoms with Gasteiger partial charge in [0.2, 0.25) is 0 Å². The Labute approximate surface area is 277 Å². The largest absolute Gasteiger partial charge is 0.461 e. The zero-order valence-electron chi connectivity index (χ0n) is 26.6. The predicted molar refractivity (Wildman–Crippen MR) is 177 cm³/mol. The van der Waals surface area contributed by atoms with E-state index in [1.807, 2.05) is 31.0 Å². The van der Waals surface area contributed by atoms with E-state index >= 15 is 0 Å². The van der Waals surface area contributed by atoms with Crippen LogP contribution in [0.3, 0.4) is 0 Å². The Balaban J connectivity index is 1.17. The summed E-state index contributed by atoms with van der Waals surface area (Å²) in [6, 6.07) is 8.88. The highest BCUT2D eigenvalue weighted by atomic mass is 32.1. The quantitative estimate of drug-likeness (QED) is 0.363. The number of aromatic nitrogens is 3. The van der Waals surface area contributed by atoms with Gasteiger partial charge < -0.3 is 26.0 Å². The summed E-state index contributed by atoms with van der Waals surface area (Å²) in [4.78, 5) is 23.9. The maximum Gasteiger partial charge on any atom is 0.320 e. The summed E-state index contributed by atoms with van der Waals surface area (Å²) < 4.78 is 21.0. The van der Waals surface area contributed by atoms with Crippen LogP contribution in [0.4, 0.5) is 26.8 Å². The molecule has 8 rings (SSSR count). The smallest absolute Gasteiger partial charge is 0.320 e. The van der Waals surface area contributed by atoms with Gasteiger partial charge in [0.15, 0.2) is 11.6 Å². The van der Waals surface area contributed by atoms with Crippen LogP contribution in [0.25, 0.3) is 0 Å². The maximum absolute atomic E-state index is 14.6. The lowest BCUT2D eigenvalue weighted by Crippen LogP contribution is -2.66. The second-order valence-corrected chi connectivity index (χ2v) is 14.9. The summed E-state index contributed by atoms with van der Waals surface area (Å²) >= 11 is 1.51. The SMILES string of the molecule is C[C@H](c1cccnc1N)N(C)c1nc(OC[C@@]23CCCN2C[C@H](F)C3)nc(N2CC3(C2)c2c(sc(N)c2C#N)CN3C2CC2)c1C#N. The summed E-state index contributed by atoms with van der Waals surface area (Å²) in [5, 5.41) is 21.3. The molecule has 14 heteroatoms. The van der Waals surface area contributed by atoms with Gasteiger partial charge in [-0.25, -0.2) is 9.37 Å². The minimum absolute atomic E-state index is 0.153. The summed E-state index contributed by atoms with van der Waals surface area (Å²) in [6.07, 6.45) is 5.32. The van der Waals surface area contributed by atoms with Gasteiger partial charge in [-0.15, -0.1) is 11.3 Å². The van der Waals surface area contributed by atoms with Crippen molar-refractivity contribution in [3.05, 3.63) is 45.5 Å². The van der Waals surface area contributed by atoms with Gasteiger partial charge in [0, 0.05) is 67.9 Å². The van der Waals surface area contributed by atoms with Gasteiger partial charge in [-0.1, -0.05) is 6.07 Å². The fraction of sp³-hybridized carbons (Fsp3) is 0.545. The first-order valence-corrected chi connectivity index (χ1v) is 17.1. The molecule has 0 radical (unpaired) electrons. The molecule has 244 valence electrons. The van der Waals surface area contributed by atoms with Crippen molar-refractivity contribution in [1.29, 1.82) is 10.5 Å². The zero-order valence-corrected chi connectivity index (χ0v) is 27.4. The van der Waals surface area contributed by atoms with Crippen LogP contribution in [0, 0.1) is 22.7 Å². The van der Waals surface area contributed by atoms with E-state index in [-0.39, 0.29) is 29.7 Å². The average molecular weight is 656 g/mol. The maximum atomic E-state index is 14.6. The van der Waals surface area contributed by atoms with Gasteiger partial charge >= 0.3 is 6.01 Å². The van der Waals surface area contributed by atoms with Crippen LogP contribution in [-0.2, 0) is 12.1 Å². The van der Waals surface area contributed by atoms with E-state index in [1.54, 1.807) is 6.20 Å². The van der Waals surface area contributed by atoms with Crippen LogP contribution in [0.15, 0.2) is 18.3 Å². The summed E-state index contributed by atoms with van der Waals surface area (Å²) in [5.41, 5.74) is 14.6. The van der Waals surface area contributed by atoms with Gasteiger partial charge in [-0.05, 0) is 45.2 Å². The van der Waals surface area contributed by atoms with Crippen LogP contribution in [0.2, 0.25) is 0 Å². The lowest BCUT2D eigenvalue weighted by molar-refractivity contribution is 0.0612. The molecule has 47 heavy (non-hydrogen) atoms. The molecule has 0 aromatic carbocycles. The van der Waals surface area contributed by atoms with E-state index in [2.05, 4.69) is 31.8 Å². The van der Waals surface area contributed by atoms with Crippen LogP contribution in [-0.4, -0.2) is 82.3 Å². The first-order chi connectivity index (χ1) is 22.7. The molecule has 3 saturated heterocycles. The molecule has 0 unspecified atom stereocenters. The first kappa shape index (κ1) is 30.1.